The van der Waals surface area contributed by atoms with Crippen molar-refractivity contribution in [1.82, 2.24) is 24.4 Å². The van der Waals surface area contributed by atoms with Crippen LogP contribution in [0.1, 0.15) is 43.2 Å². The van der Waals surface area contributed by atoms with Crippen molar-refractivity contribution >= 4 is 11.6 Å². The van der Waals surface area contributed by atoms with E-state index in [0.717, 1.165) is 38.3 Å². The normalized spacial score (nSPS) is 17.5. The summed E-state index contributed by atoms with van der Waals surface area (Å²) in [6.07, 6.45) is 4.53. The third kappa shape index (κ3) is 3.08. The lowest BCUT2D eigenvalue weighted by Crippen LogP contribution is -2.44. The van der Waals surface area contributed by atoms with Gasteiger partial charge < -0.3 is 4.90 Å². The number of nitrogens with zero attached hydrogens (tertiary/aromatic N) is 5. The first kappa shape index (κ1) is 15.9. The Morgan fingerprint density at radius 2 is 1.96 bits per heavy atom. The van der Waals surface area contributed by atoms with E-state index in [4.69, 9.17) is 0 Å². The molecule has 6 heteroatoms. The molecule has 0 bridgehead atoms. The third-order valence-electron chi connectivity index (χ3n) is 4.52. The minimum Gasteiger partial charge on any atom is -0.337 e. The minimum atomic E-state index is 0.0481. The predicted octanol–water partition coefficient (Wildman–Crippen LogP) is 1.98. The molecule has 0 aliphatic carbocycles. The highest BCUT2D eigenvalue weighted by Gasteiger charge is 2.28. The molecule has 0 unspecified atom stereocenters. The van der Waals surface area contributed by atoms with Gasteiger partial charge in [0.2, 0.25) is 0 Å². The van der Waals surface area contributed by atoms with Crippen molar-refractivity contribution in [3.05, 3.63) is 29.7 Å². The molecular formula is C17H25N5O. The monoisotopic (exact) mass is 315 g/mol. The van der Waals surface area contributed by atoms with Crippen LogP contribution in [0.3, 0.4) is 0 Å². The second kappa shape index (κ2) is 5.92. The fraction of sp³-hybridized carbons (Fsp3) is 0.588. The Balaban J connectivity index is 1.84. The van der Waals surface area contributed by atoms with Crippen LogP contribution in [0.5, 0.6) is 0 Å². The van der Waals surface area contributed by atoms with E-state index < -0.39 is 0 Å². The van der Waals surface area contributed by atoms with E-state index in [1.165, 1.54) is 0 Å². The molecule has 0 aromatic carbocycles. The van der Waals surface area contributed by atoms with Crippen molar-refractivity contribution in [2.24, 2.45) is 0 Å². The van der Waals surface area contributed by atoms with Crippen LogP contribution < -0.4 is 0 Å². The maximum absolute atomic E-state index is 13.0. The number of hydrogen-bond acceptors (Lipinski definition) is 4. The Hall–Kier alpha value is -1.95. The van der Waals surface area contributed by atoms with Gasteiger partial charge >= 0.3 is 0 Å². The zero-order valence-electron chi connectivity index (χ0n) is 14.4. The van der Waals surface area contributed by atoms with Crippen LogP contribution in [0.25, 0.3) is 5.65 Å². The van der Waals surface area contributed by atoms with Crippen LogP contribution in [-0.2, 0) is 0 Å². The molecule has 0 atom stereocenters. The Morgan fingerprint density at radius 1 is 1.17 bits per heavy atom. The van der Waals surface area contributed by atoms with Gasteiger partial charge in [-0.2, -0.15) is 5.10 Å². The Labute approximate surface area is 137 Å². The SMILES string of the molecule is Cc1nn2cccnc2c1C(=O)N1CCCN(C(C)(C)C)CC1. The quantitative estimate of drug-likeness (QED) is 0.807. The van der Waals surface area contributed by atoms with E-state index in [2.05, 4.69) is 35.8 Å². The first-order chi connectivity index (χ1) is 10.9. The second-order valence-corrected chi connectivity index (χ2v) is 7.15. The molecule has 124 valence electrons. The number of fused-ring (bicyclic) bond motifs is 1. The molecule has 0 spiro atoms. The lowest BCUT2D eigenvalue weighted by atomic mass is 10.1. The van der Waals surface area contributed by atoms with Crippen molar-refractivity contribution in [3.63, 3.8) is 0 Å². The summed E-state index contributed by atoms with van der Waals surface area (Å²) in [7, 11) is 0. The number of aromatic nitrogens is 3. The zero-order valence-corrected chi connectivity index (χ0v) is 14.4. The summed E-state index contributed by atoms with van der Waals surface area (Å²) in [6, 6.07) is 1.82. The first-order valence-electron chi connectivity index (χ1n) is 8.22. The number of hydrogen-bond donors (Lipinski definition) is 0. The average Bonchev–Trinajstić information content (AvgIpc) is 2.67. The van der Waals surface area contributed by atoms with Crippen LogP contribution in [-0.4, -0.2) is 62.0 Å². The molecular weight excluding hydrogens is 290 g/mol. The van der Waals surface area contributed by atoms with Gasteiger partial charge in [-0.3, -0.25) is 9.69 Å². The lowest BCUT2D eigenvalue weighted by Gasteiger charge is -2.34. The maximum atomic E-state index is 13.0. The van der Waals surface area contributed by atoms with Gasteiger partial charge in [0.05, 0.1) is 5.69 Å². The molecule has 0 N–H and O–H groups in total. The smallest absolute Gasteiger partial charge is 0.259 e. The van der Waals surface area contributed by atoms with Gasteiger partial charge in [0.25, 0.3) is 5.91 Å². The average molecular weight is 315 g/mol. The lowest BCUT2D eigenvalue weighted by molar-refractivity contribution is 0.0750. The van der Waals surface area contributed by atoms with E-state index in [1.54, 1.807) is 10.7 Å². The highest BCUT2D eigenvalue weighted by molar-refractivity contribution is 6.01. The van der Waals surface area contributed by atoms with Gasteiger partial charge in [0, 0.05) is 44.1 Å². The minimum absolute atomic E-state index is 0.0481. The third-order valence-corrected chi connectivity index (χ3v) is 4.52. The summed E-state index contributed by atoms with van der Waals surface area (Å²) < 4.78 is 1.68. The number of carbonyl (C=O) groups excluding carboxylic acids is 1. The fourth-order valence-electron chi connectivity index (χ4n) is 3.20. The summed E-state index contributed by atoms with van der Waals surface area (Å²) in [5.41, 5.74) is 2.16. The number of amides is 1. The summed E-state index contributed by atoms with van der Waals surface area (Å²) in [5.74, 6) is 0.0481. The molecule has 0 radical (unpaired) electrons. The van der Waals surface area contributed by atoms with Gasteiger partial charge in [-0.1, -0.05) is 0 Å². The van der Waals surface area contributed by atoms with E-state index in [9.17, 15) is 4.79 Å². The van der Waals surface area contributed by atoms with Crippen molar-refractivity contribution < 1.29 is 4.79 Å². The predicted molar refractivity (Wildman–Crippen MR) is 89.6 cm³/mol. The molecule has 2 aromatic heterocycles. The number of rotatable bonds is 1. The van der Waals surface area contributed by atoms with Crippen molar-refractivity contribution in [2.45, 2.75) is 39.7 Å². The Kier molecular flexibility index (Phi) is 4.10. The van der Waals surface area contributed by atoms with Crippen LogP contribution in [0.15, 0.2) is 18.5 Å². The maximum Gasteiger partial charge on any atom is 0.259 e. The largest absolute Gasteiger partial charge is 0.337 e. The van der Waals surface area contributed by atoms with Gasteiger partial charge in [-0.05, 0) is 40.2 Å². The van der Waals surface area contributed by atoms with E-state index in [0.29, 0.717) is 11.2 Å². The van der Waals surface area contributed by atoms with Crippen LogP contribution >= 0.6 is 0 Å². The summed E-state index contributed by atoms with van der Waals surface area (Å²) >= 11 is 0. The number of aryl methyl sites for hydroxylation is 1. The summed E-state index contributed by atoms with van der Waals surface area (Å²) in [6.45, 7) is 12.0. The molecule has 23 heavy (non-hydrogen) atoms. The summed E-state index contributed by atoms with van der Waals surface area (Å²) in [5, 5.41) is 4.40. The van der Waals surface area contributed by atoms with E-state index in [-0.39, 0.29) is 11.4 Å². The van der Waals surface area contributed by atoms with Crippen LogP contribution in [0.4, 0.5) is 0 Å². The molecule has 1 saturated heterocycles. The molecule has 1 fully saturated rings. The molecule has 1 amide bonds. The van der Waals surface area contributed by atoms with Gasteiger partial charge in [0.1, 0.15) is 5.56 Å². The Bertz CT molecular complexity index is 715. The van der Waals surface area contributed by atoms with E-state index in [1.807, 2.05) is 24.1 Å². The highest BCUT2D eigenvalue weighted by atomic mass is 16.2. The van der Waals surface area contributed by atoms with Gasteiger partial charge in [0.15, 0.2) is 5.65 Å². The highest BCUT2D eigenvalue weighted by Crippen LogP contribution is 2.19. The second-order valence-electron chi connectivity index (χ2n) is 7.15. The first-order valence-corrected chi connectivity index (χ1v) is 8.22. The molecule has 1 aliphatic heterocycles. The molecule has 6 nitrogen and oxygen atoms in total. The molecule has 3 heterocycles. The zero-order chi connectivity index (χ0) is 16.6. The van der Waals surface area contributed by atoms with Gasteiger partial charge in [-0.15, -0.1) is 0 Å². The van der Waals surface area contributed by atoms with Crippen LogP contribution in [0.2, 0.25) is 0 Å². The van der Waals surface area contributed by atoms with Crippen molar-refractivity contribution in [3.8, 4) is 0 Å². The van der Waals surface area contributed by atoms with E-state index >= 15 is 0 Å². The molecule has 1 aliphatic rings. The van der Waals surface area contributed by atoms with Crippen molar-refractivity contribution in [2.75, 3.05) is 26.2 Å². The molecule has 3 rings (SSSR count). The topological polar surface area (TPSA) is 53.7 Å². The standard InChI is InChI=1S/C17H25N5O/c1-13-14(15-18-7-5-10-22(15)19-13)16(23)20-8-6-9-21(12-11-20)17(2,3)4/h5,7,10H,6,8-9,11-12H2,1-4H3. The summed E-state index contributed by atoms with van der Waals surface area (Å²) in [4.78, 5) is 21.8. The Morgan fingerprint density at radius 3 is 2.70 bits per heavy atom. The van der Waals surface area contributed by atoms with Crippen LogP contribution in [0, 0.1) is 6.92 Å². The number of carbonyl (C=O) groups is 1. The molecule has 0 saturated carbocycles. The van der Waals surface area contributed by atoms with Gasteiger partial charge in [-0.25, -0.2) is 9.50 Å². The van der Waals surface area contributed by atoms with Crippen molar-refractivity contribution in [1.29, 1.82) is 0 Å². The fourth-order valence-corrected chi connectivity index (χ4v) is 3.20. The molecule has 2 aromatic rings.